The number of phenolic OH excluding ortho intramolecular Hbond substituents is 1. The van der Waals surface area contributed by atoms with Crippen LogP contribution >= 0.6 is 0 Å². The summed E-state index contributed by atoms with van der Waals surface area (Å²) in [7, 11) is 0. The van der Waals surface area contributed by atoms with Crippen molar-refractivity contribution in [2.24, 2.45) is 0 Å². The van der Waals surface area contributed by atoms with Crippen molar-refractivity contribution in [3.63, 3.8) is 0 Å². The van der Waals surface area contributed by atoms with Crippen LogP contribution in [0.1, 0.15) is 0 Å². The van der Waals surface area contributed by atoms with Gasteiger partial charge in [0.2, 0.25) is 0 Å². The van der Waals surface area contributed by atoms with E-state index in [4.69, 9.17) is 5.11 Å². The lowest BCUT2D eigenvalue weighted by molar-refractivity contribution is -0.482. The van der Waals surface area contributed by atoms with Crippen molar-refractivity contribution in [1.82, 2.24) is 0 Å². The average molecular weight is 742 g/mol. The zero-order chi connectivity index (χ0) is 37.4. The first kappa shape index (κ1) is 41.1. The first-order valence-electron chi connectivity index (χ1n) is 10.4. The van der Waals surface area contributed by atoms with Crippen molar-refractivity contribution in [3.05, 3.63) is 24.3 Å². The van der Waals surface area contributed by atoms with Crippen molar-refractivity contribution in [1.29, 1.82) is 0 Å². The van der Waals surface area contributed by atoms with Crippen LogP contribution in [-0.4, -0.2) is 83.0 Å². The lowest BCUT2D eigenvalue weighted by atomic mass is 9.84. The van der Waals surface area contributed by atoms with E-state index in [2.05, 4.69) is 4.74 Å². The Morgan fingerprint density at radius 3 is 0.870 bits per heavy atom. The second-order valence-corrected chi connectivity index (χ2v) is 8.73. The number of alkyl halides is 25. The molecule has 0 unspecified atom stereocenters. The van der Waals surface area contributed by atoms with Gasteiger partial charge in [0.1, 0.15) is 11.5 Å². The minimum absolute atomic E-state index is 0.344. The summed E-state index contributed by atoms with van der Waals surface area (Å²) in [6.45, 7) is -3.35. The monoisotopic (exact) mass is 742 g/mol. The molecule has 270 valence electrons. The van der Waals surface area contributed by atoms with E-state index in [-0.39, 0.29) is 0 Å². The van der Waals surface area contributed by atoms with E-state index in [1.165, 1.54) is 0 Å². The van der Waals surface area contributed by atoms with Crippen molar-refractivity contribution in [2.75, 3.05) is 6.61 Å². The first-order valence-corrected chi connectivity index (χ1v) is 10.4. The van der Waals surface area contributed by atoms with Gasteiger partial charge in [0.15, 0.2) is 6.61 Å². The SMILES string of the molecule is Oc1ccc(OCC(F)(F)C(F)(F)C(F)(F)C(F)(F)C(F)(F)C(F)(F)C(F)(F)C(F)(F)C(F)(F)C(F)(F)C(F)(F)C(F)(F)F)cc1. The fourth-order valence-corrected chi connectivity index (χ4v) is 2.79. The molecule has 0 saturated heterocycles. The maximum Gasteiger partial charge on any atom is 0.460 e. The molecule has 1 N–H and O–H groups in total. The summed E-state index contributed by atoms with van der Waals surface area (Å²) in [5.74, 6) is -101. The molecular formula is C19H7F25O2. The highest BCUT2D eigenvalue weighted by Gasteiger charge is 2.99. The fourth-order valence-electron chi connectivity index (χ4n) is 2.79. The van der Waals surface area contributed by atoms with Gasteiger partial charge in [-0.25, -0.2) is 0 Å². The molecule has 2 nitrogen and oxygen atoms in total. The second-order valence-electron chi connectivity index (χ2n) is 8.73. The van der Waals surface area contributed by atoms with Crippen LogP contribution in [0.15, 0.2) is 24.3 Å². The summed E-state index contributed by atoms with van der Waals surface area (Å²) >= 11 is 0. The van der Waals surface area contributed by atoms with Crippen molar-refractivity contribution < 1.29 is 120 Å². The van der Waals surface area contributed by atoms with Crippen LogP contribution in [0.3, 0.4) is 0 Å². The molecule has 1 aromatic rings. The number of aromatic hydroxyl groups is 1. The van der Waals surface area contributed by atoms with Gasteiger partial charge < -0.3 is 9.84 Å². The zero-order valence-electron chi connectivity index (χ0n) is 20.3. The molecular weight excluding hydrogens is 735 g/mol. The van der Waals surface area contributed by atoms with E-state index in [9.17, 15) is 110 Å². The third kappa shape index (κ3) is 5.25. The van der Waals surface area contributed by atoms with Crippen molar-refractivity contribution in [2.45, 2.75) is 71.3 Å². The molecule has 0 fully saturated rings. The molecule has 1 rings (SSSR count). The molecule has 0 bridgehead atoms. The molecule has 0 radical (unpaired) electrons. The molecule has 0 aliphatic heterocycles. The van der Waals surface area contributed by atoms with E-state index in [0.717, 1.165) is 0 Å². The Hall–Kier alpha value is -2.93. The summed E-state index contributed by atoms with van der Waals surface area (Å²) in [6.07, 6.45) is -8.18. The fraction of sp³-hybridized carbons (Fsp3) is 0.684. The van der Waals surface area contributed by atoms with Crippen LogP contribution in [0.2, 0.25) is 0 Å². The molecule has 0 atom stereocenters. The van der Waals surface area contributed by atoms with Gasteiger partial charge in [-0.05, 0) is 24.3 Å². The Morgan fingerprint density at radius 1 is 0.370 bits per heavy atom. The number of halogens is 25. The smallest absolute Gasteiger partial charge is 0.460 e. The third-order valence-corrected chi connectivity index (χ3v) is 5.62. The van der Waals surface area contributed by atoms with Crippen LogP contribution in [0.4, 0.5) is 110 Å². The Labute approximate surface area is 234 Å². The topological polar surface area (TPSA) is 29.5 Å². The molecule has 0 saturated carbocycles. The third-order valence-electron chi connectivity index (χ3n) is 5.62. The normalized spacial score (nSPS) is 16.1. The van der Waals surface area contributed by atoms with E-state index in [0.29, 0.717) is 24.3 Å². The van der Waals surface area contributed by atoms with Crippen LogP contribution in [0.5, 0.6) is 11.5 Å². The summed E-state index contributed by atoms with van der Waals surface area (Å²) in [4.78, 5) is 0. The van der Waals surface area contributed by atoms with E-state index >= 15 is 0 Å². The minimum atomic E-state index is -9.63. The van der Waals surface area contributed by atoms with E-state index < -0.39 is 89.4 Å². The lowest BCUT2D eigenvalue weighted by Gasteiger charge is -2.45. The zero-order valence-corrected chi connectivity index (χ0v) is 20.3. The number of benzene rings is 1. The Kier molecular flexibility index (Phi) is 9.65. The lowest BCUT2D eigenvalue weighted by Crippen LogP contribution is -2.78. The largest absolute Gasteiger partial charge is 0.508 e. The summed E-state index contributed by atoms with van der Waals surface area (Å²) < 4.78 is 339. The van der Waals surface area contributed by atoms with Gasteiger partial charge in [-0.3, -0.25) is 0 Å². The average Bonchev–Trinajstić information content (AvgIpc) is 2.86. The van der Waals surface area contributed by atoms with Crippen LogP contribution in [0, 0.1) is 0 Å². The standard InChI is InChI=1S/C19H7F25O2/c20-8(21,5-46-7-3-1-6(45)2-4-7)9(22,23)10(24,25)11(26,27)12(28,29)13(30,31)14(32,33)15(34,35)16(36,37)17(38,39)18(40,41)19(42,43)44/h1-4,45H,5H2. The van der Waals surface area contributed by atoms with Crippen molar-refractivity contribution in [3.8, 4) is 11.5 Å². The summed E-state index contributed by atoms with van der Waals surface area (Å²) in [6, 6.07) is 1.65. The predicted molar refractivity (Wildman–Crippen MR) is 94.1 cm³/mol. The molecule has 1 aromatic carbocycles. The molecule has 0 aliphatic rings. The molecule has 0 aliphatic carbocycles. The van der Waals surface area contributed by atoms with Crippen LogP contribution in [0.25, 0.3) is 0 Å². The van der Waals surface area contributed by atoms with Gasteiger partial charge in [-0.2, -0.15) is 110 Å². The van der Waals surface area contributed by atoms with Gasteiger partial charge >= 0.3 is 71.3 Å². The number of phenols is 1. The first-order chi connectivity index (χ1) is 19.7. The number of ether oxygens (including phenoxy) is 1. The minimum Gasteiger partial charge on any atom is -0.508 e. The highest BCUT2D eigenvalue weighted by atomic mass is 19.4. The van der Waals surface area contributed by atoms with Gasteiger partial charge in [0, 0.05) is 0 Å². The summed E-state index contributed by atoms with van der Waals surface area (Å²) in [5.41, 5.74) is 0. The van der Waals surface area contributed by atoms with E-state index in [1.807, 2.05) is 0 Å². The Bertz CT molecular complexity index is 1230. The number of rotatable bonds is 13. The second kappa shape index (κ2) is 10.8. The van der Waals surface area contributed by atoms with Crippen LogP contribution in [-0.2, 0) is 0 Å². The molecule has 0 spiro atoms. The molecule has 0 amide bonds. The molecule has 27 heteroatoms. The van der Waals surface area contributed by atoms with Gasteiger partial charge in [-0.1, -0.05) is 0 Å². The highest BCUT2D eigenvalue weighted by Crippen LogP contribution is 2.67. The van der Waals surface area contributed by atoms with Gasteiger partial charge in [0.25, 0.3) is 0 Å². The summed E-state index contributed by atoms with van der Waals surface area (Å²) in [5, 5.41) is 8.92. The maximum absolute atomic E-state index is 13.9. The Balaban J connectivity index is 3.75. The van der Waals surface area contributed by atoms with Crippen molar-refractivity contribution >= 4 is 0 Å². The highest BCUT2D eigenvalue weighted by molar-refractivity contribution is 5.30. The maximum atomic E-state index is 13.9. The molecule has 0 heterocycles. The van der Waals surface area contributed by atoms with Crippen LogP contribution < -0.4 is 4.74 Å². The Morgan fingerprint density at radius 2 is 0.609 bits per heavy atom. The van der Waals surface area contributed by atoms with E-state index in [1.54, 1.807) is 0 Å². The molecule has 0 aromatic heterocycles. The van der Waals surface area contributed by atoms with Gasteiger partial charge in [-0.15, -0.1) is 0 Å². The van der Waals surface area contributed by atoms with Gasteiger partial charge in [0.05, 0.1) is 0 Å². The molecule has 46 heavy (non-hydrogen) atoms. The number of hydrogen-bond acceptors (Lipinski definition) is 2. The number of hydrogen-bond donors (Lipinski definition) is 1. The predicted octanol–water partition coefficient (Wildman–Crippen LogP) is 9.32. The quantitative estimate of drug-likeness (QED) is 0.204.